The monoisotopic (exact) mass is 897 g/mol. The van der Waals surface area contributed by atoms with Crippen molar-refractivity contribution in [2.45, 2.75) is 106 Å². The lowest BCUT2D eigenvalue weighted by atomic mass is 9.79. The number of benzene rings is 7. The SMILES string of the molecule is [2H]C([2H])([2H])c1cc(-c2cc(C([2H])(C)C)cc(C([2H])(C)C)c2)ccc1-n1c(-c2cc(C(C)(C)C)cc(C(C)(C)C)c2O)nc2c(-c3cc(-c4ccccc4)cc(-c4cc(-c5ccc(C)cc5)ccn4)c3)cccc21. The first-order chi connectivity index (χ1) is 34.1. The van der Waals surface area contributed by atoms with Gasteiger partial charge in [-0.1, -0.05) is 172 Å². The van der Waals surface area contributed by atoms with Crippen LogP contribution in [-0.2, 0) is 10.8 Å². The predicted octanol–water partition coefficient (Wildman–Crippen LogP) is 17.6. The van der Waals surface area contributed by atoms with Crippen molar-refractivity contribution in [1.29, 1.82) is 0 Å². The number of phenolic OH excluding ortho intramolecular Hbond substituents is 1. The number of aromatic hydroxyl groups is 1. The van der Waals surface area contributed by atoms with Crippen LogP contribution in [0.4, 0.5) is 0 Å². The minimum Gasteiger partial charge on any atom is -0.507 e. The highest BCUT2D eigenvalue weighted by atomic mass is 16.3. The van der Waals surface area contributed by atoms with E-state index in [0.29, 0.717) is 33.7 Å². The van der Waals surface area contributed by atoms with Crippen molar-refractivity contribution >= 4 is 11.0 Å². The van der Waals surface area contributed by atoms with Gasteiger partial charge in [-0.25, -0.2) is 4.98 Å². The Morgan fingerprint density at radius 2 is 1.19 bits per heavy atom. The zero-order chi connectivity index (χ0) is 52.6. The number of fused-ring (bicyclic) bond motifs is 1. The smallest absolute Gasteiger partial charge is 0.149 e. The second-order valence-electron chi connectivity index (χ2n) is 20.9. The van der Waals surface area contributed by atoms with Crippen LogP contribution in [0.5, 0.6) is 5.75 Å². The standard InChI is InChI=1S/C64H65N3O/c1-39(2)47-30-48(40(3)4)32-50(31-47)45-25-26-58(42(6)29-45)67-59-20-16-19-54(60(59)66-62(67)55-37-53(63(7,8)9)38-56(61(55)68)64(10,11)12)51-33-49(43-17-14-13-15-18-43)34-52(35-51)57-36-46(27-28-65-57)44-23-21-41(5)22-24-44/h13-40,68H,1-12H3/i6D3,39D,40D. The van der Waals surface area contributed by atoms with Gasteiger partial charge < -0.3 is 5.11 Å². The van der Waals surface area contributed by atoms with Crippen molar-refractivity contribution in [3.05, 3.63) is 191 Å². The van der Waals surface area contributed by atoms with Gasteiger partial charge in [-0.15, -0.1) is 0 Å². The van der Waals surface area contributed by atoms with Crippen LogP contribution >= 0.6 is 0 Å². The highest BCUT2D eigenvalue weighted by Crippen LogP contribution is 2.45. The van der Waals surface area contributed by atoms with E-state index in [4.69, 9.17) is 16.8 Å². The highest BCUT2D eigenvalue weighted by molar-refractivity contribution is 5.98. The molecule has 2 aromatic heterocycles. The fourth-order valence-electron chi connectivity index (χ4n) is 9.09. The van der Waals surface area contributed by atoms with Crippen LogP contribution in [0.25, 0.3) is 83.9 Å². The lowest BCUT2D eigenvalue weighted by Gasteiger charge is -2.27. The molecule has 0 unspecified atom stereocenters. The molecule has 0 aliphatic rings. The first-order valence-electron chi connectivity index (χ1n) is 26.1. The number of aromatic nitrogens is 3. The molecule has 9 rings (SSSR count). The lowest BCUT2D eigenvalue weighted by Crippen LogP contribution is -2.17. The van der Waals surface area contributed by atoms with Crippen LogP contribution in [0.15, 0.2) is 158 Å². The summed E-state index contributed by atoms with van der Waals surface area (Å²) in [6.07, 6.45) is 1.86. The number of hydrogen-bond acceptors (Lipinski definition) is 3. The summed E-state index contributed by atoms with van der Waals surface area (Å²) in [5, 5.41) is 12.6. The Morgan fingerprint density at radius 3 is 1.85 bits per heavy atom. The van der Waals surface area contributed by atoms with E-state index in [1.54, 1.807) is 6.07 Å². The number of pyridine rings is 1. The van der Waals surface area contributed by atoms with E-state index in [0.717, 1.165) is 72.5 Å². The third-order valence-electron chi connectivity index (χ3n) is 13.2. The van der Waals surface area contributed by atoms with Crippen LogP contribution in [0, 0.1) is 13.8 Å². The molecule has 4 nitrogen and oxygen atoms in total. The fraction of sp³-hybridized carbons (Fsp3) is 0.250. The van der Waals surface area contributed by atoms with Gasteiger partial charge in [0, 0.05) is 29.7 Å². The normalized spacial score (nSPS) is 13.7. The van der Waals surface area contributed by atoms with Gasteiger partial charge >= 0.3 is 0 Å². The first kappa shape index (κ1) is 40.1. The molecule has 0 fully saturated rings. The minimum absolute atomic E-state index is 0.0823. The van der Waals surface area contributed by atoms with Gasteiger partial charge in [-0.2, -0.15) is 0 Å². The largest absolute Gasteiger partial charge is 0.507 e. The van der Waals surface area contributed by atoms with Crippen LogP contribution in [0.3, 0.4) is 0 Å². The molecule has 68 heavy (non-hydrogen) atoms. The molecule has 342 valence electrons. The molecule has 0 amide bonds. The van der Waals surface area contributed by atoms with E-state index in [1.807, 2.05) is 111 Å². The number of imidazole rings is 1. The van der Waals surface area contributed by atoms with E-state index in [1.165, 1.54) is 5.56 Å². The third-order valence-corrected chi connectivity index (χ3v) is 13.2. The number of hydrogen-bond donors (Lipinski definition) is 1. The molecule has 0 spiro atoms. The molecule has 9 aromatic rings. The molecule has 0 saturated carbocycles. The molecule has 0 radical (unpaired) electrons. The Hall–Kier alpha value is -7.04. The maximum atomic E-state index is 12.6. The van der Waals surface area contributed by atoms with Gasteiger partial charge in [0.25, 0.3) is 0 Å². The van der Waals surface area contributed by atoms with E-state index >= 15 is 0 Å². The maximum Gasteiger partial charge on any atom is 0.149 e. The van der Waals surface area contributed by atoms with Gasteiger partial charge in [0.05, 0.1) is 28.0 Å². The molecule has 0 atom stereocenters. The van der Waals surface area contributed by atoms with Gasteiger partial charge in [0.1, 0.15) is 11.6 Å². The topological polar surface area (TPSA) is 50.9 Å². The number of rotatable bonds is 9. The van der Waals surface area contributed by atoms with Crippen molar-refractivity contribution < 1.29 is 12.0 Å². The second-order valence-corrected chi connectivity index (χ2v) is 20.9. The van der Waals surface area contributed by atoms with Crippen LogP contribution in [0.1, 0.15) is 121 Å². The molecule has 7 aromatic carbocycles. The van der Waals surface area contributed by atoms with Crippen molar-refractivity contribution in [3.8, 4) is 78.6 Å². The van der Waals surface area contributed by atoms with Crippen LogP contribution in [0.2, 0.25) is 0 Å². The van der Waals surface area contributed by atoms with Crippen molar-refractivity contribution in [2.24, 2.45) is 0 Å². The average molecular weight is 897 g/mol. The Bertz CT molecular complexity index is 3510. The fourth-order valence-corrected chi connectivity index (χ4v) is 9.09. The molecule has 2 heterocycles. The maximum absolute atomic E-state index is 12.6. The average Bonchev–Trinajstić information content (AvgIpc) is 3.72. The minimum atomic E-state index is -2.61. The van der Waals surface area contributed by atoms with Gasteiger partial charge in [-0.05, 0) is 152 Å². The van der Waals surface area contributed by atoms with E-state index in [-0.39, 0.29) is 16.7 Å². The third kappa shape index (κ3) is 9.05. The number of phenols is 1. The van der Waals surface area contributed by atoms with Crippen molar-refractivity contribution in [1.82, 2.24) is 14.5 Å². The summed E-state index contributed by atoms with van der Waals surface area (Å²) in [7, 11) is 0. The molecular weight excluding hydrogens is 827 g/mol. The summed E-state index contributed by atoms with van der Waals surface area (Å²) in [5.74, 6) is -1.45. The van der Waals surface area contributed by atoms with Gasteiger partial charge in [0.15, 0.2) is 0 Å². The molecular formula is C64H65N3O. The zero-order valence-electron chi connectivity index (χ0n) is 46.3. The van der Waals surface area contributed by atoms with Crippen molar-refractivity contribution in [2.75, 3.05) is 0 Å². The highest BCUT2D eigenvalue weighted by Gasteiger charge is 2.29. The van der Waals surface area contributed by atoms with Crippen LogP contribution in [-0.4, -0.2) is 19.6 Å². The molecule has 0 saturated heterocycles. The number of aryl methyl sites for hydroxylation is 2. The van der Waals surface area contributed by atoms with Gasteiger partial charge in [0.2, 0.25) is 0 Å². The summed E-state index contributed by atoms with van der Waals surface area (Å²) in [6, 6.07) is 50.8. The predicted molar refractivity (Wildman–Crippen MR) is 288 cm³/mol. The molecule has 0 bridgehead atoms. The Morgan fingerprint density at radius 1 is 0.559 bits per heavy atom. The second kappa shape index (κ2) is 17.9. The first-order valence-corrected chi connectivity index (χ1v) is 23.6. The van der Waals surface area contributed by atoms with Crippen LogP contribution < -0.4 is 0 Å². The van der Waals surface area contributed by atoms with E-state index in [9.17, 15) is 5.11 Å². The summed E-state index contributed by atoms with van der Waals surface area (Å²) >= 11 is 0. The van der Waals surface area contributed by atoms with Gasteiger partial charge in [-0.3, -0.25) is 9.55 Å². The van der Waals surface area contributed by atoms with Crippen molar-refractivity contribution in [3.63, 3.8) is 0 Å². The Labute approximate surface area is 411 Å². The number of para-hydroxylation sites is 1. The number of nitrogens with zero attached hydrogens (tertiary/aromatic N) is 3. The Kier molecular flexibility index (Phi) is 10.5. The Balaban J connectivity index is 1.35. The summed E-state index contributed by atoms with van der Waals surface area (Å²) < 4.78 is 47.3. The summed E-state index contributed by atoms with van der Waals surface area (Å²) in [6.45, 7) is 19.4. The molecule has 0 aliphatic carbocycles. The zero-order valence-corrected chi connectivity index (χ0v) is 41.3. The van der Waals surface area contributed by atoms with E-state index < -0.39 is 24.1 Å². The quantitative estimate of drug-likeness (QED) is 0.157. The summed E-state index contributed by atoms with van der Waals surface area (Å²) in [5.41, 5.74) is 14.9. The molecule has 4 heteroatoms. The van der Waals surface area contributed by atoms with E-state index in [2.05, 4.69) is 121 Å². The molecule has 0 aliphatic heterocycles. The summed E-state index contributed by atoms with van der Waals surface area (Å²) in [4.78, 5) is 10.5. The molecule has 1 N–H and O–H groups in total. The lowest BCUT2D eigenvalue weighted by molar-refractivity contribution is 0.446.